The molecule has 156 valence electrons. The molecule has 0 radical (unpaired) electrons. The predicted octanol–water partition coefficient (Wildman–Crippen LogP) is 4.20. The molecule has 0 spiro atoms. The Morgan fingerprint density at radius 1 is 1.00 bits per heavy atom. The van der Waals surface area contributed by atoms with Crippen molar-refractivity contribution in [3.05, 3.63) is 77.4 Å². The maximum Gasteiger partial charge on any atom is 0.215 e. The number of hydrogen-bond donors (Lipinski definition) is 1. The van der Waals surface area contributed by atoms with E-state index in [2.05, 4.69) is 0 Å². The Kier molecular flexibility index (Phi) is 5.17. The van der Waals surface area contributed by atoms with Crippen molar-refractivity contribution in [1.29, 1.82) is 0 Å². The summed E-state index contributed by atoms with van der Waals surface area (Å²) in [4.78, 5) is 0. The third-order valence-electron chi connectivity index (χ3n) is 5.44. The fourth-order valence-electron chi connectivity index (χ4n) is 3.76. The lowest BCUT2D eigenvalue weighted by atomic mass is 9.87. The first-order chi connectivity index (χ1) is 14.3. The summed E-state index contributed by atoms with van der Waals surface area (Å²) < 4.78 is 41.2. The Bertz CT molecular complexity index is 1210. The molecule has 7 heteroatoms. The van der Waals surface area contributed by atoms with E-state index in [-0.39, 0.29) is 0 Å². The maximum absolute atomic E-state index is 11.9. The van der Waals surface area contributed by atoms with Crippen molar-refractivity contribution >= 4 is 10.0 Å². The van der Waals surface area contributed by atoms with Crippen LogP contribution in [0.5, 0.6) is 17.2 Å². The second kappa shape index (κ2) is 7.66. The van der Waals surface area contributed by atoms with Crippen molar-refractivity contribution in [2.75, 3.05) is 14.2 Å². The van der Waals surface area contributed by atoms with E-state index < -0.39 is 21.4 Å². The Balaban J connectivity index is 1.95. The van der Waals surface area contributed by atoms with Gasteiger partial charge in [0.1, 0.15) is 23.4 Å². The van der Waals surface area contributed by atoms with E-state index in [0.717, 1.165) is 22.3 Å². The summed E-state index contributed by atoms with van der Waals surface area (Å²) in [6, 6.07) is 18.8. The van der Waals surface area contributed by atoms with Gasteiger partial charge in [-0.1, -0.05) is 30.3 Å². The van der Waals surface area contributed by atoms with Gasteiger partial charge in [-0.05, 0) is 48.4 Å². The molecule has 3 aromatic rings. The average molecular weight is 426 g/mol. The Morgan fingerprint density at radius 2 is 1.77 bits per heavy atom. The highest BCUT2D eigenvalue weighted by Gasteiger charge is 2.31. The van der Waals surface area contributed by atoms with E-state index in [1.54, 1.807) is 27.2 Å². The standard InChI is InChI=1S/C23H23NO5S/c1-14(30(24,25)26)15-10-11-18-19(13-15)23(16-6-4-7-17(12-16)27-2)29-21-9-5-8-20(28-3)22(18)21/h4-14,23H,1-3H3,(H2,24,25,26). The molecule has 0 amide bonds. The van der Waals surface area contributed by atoms with Crippen molar-refractivity contribution in [3.8, 4) is 28.4 Å². The lowest BCUT2D eigenvalue weighted by Gasteiger charge is -2.31. The first kappa shape index (κ1) is 20.3. The molecule has 0 fully saturated rings. The molecule has 0 aliphatic carbocycles. The third-order valence-corrected chi connectivity index (χ3v) is 6.70. The number of primary sulfonamides is 1. The van der Waals surface area contributed by atoms with Gasteiger partial charge in [-0.2, -0.15) is 0 Å². The summed E-state index contributed by atoms with van der Waals surface area (Å²) >= 11 is 0. The lowest BCUT2D eigenvalue weighted by Crippen LogP contribution is -2.21. The first-order valence-corrected chi connectivity index (χ1v) is 11.1. The normalized spacial score (nSPS) is 16.1. The highest BCUT2D eigenvalue weighted by molar-refractivity contribution is 7.89. The molecule has 6 nitrogen and oxygen atoms in total. The highest BCUT2D eigenvalue weighted by Crippen LogP contribution is 2.49. The van der Waals surface area contributed by atoms with Gasteiger partial charge in [-0.15, -0.1) is 0 Å². The van der Waals surface area contributed by atoms with Crippen LogP contribution in [0.15, 0.2) is 60.7 Å². The molecule has 4 rings (SSSR count). The van der Waals surface area contributed by atoms with Gasteiger partial charge in [0.05, 0.1) is 25.0 Å². The molecule has 0 saturated carbocycles. The van der Waals surface area contributed by atoms with Gasteiger partial charge < -0.3 is 14.2 Å². The molecule has 30 heavy (non-hydrogen) atoms. The fourth-order valence-corrected chi connectivity index (χ4v) is 4.28. The van der Waals surface area contributed by atoms with Crippen molar-refractivity contribution in [2.24, 2.45) is 5.14 Å². The molecule has 2 unspecified atom stereocenters. The van der Waals surface area contributed by atoms with Crippen LogP contribution in [-0.2, 0) is 10.0 Å². The van der Waals surface area contributed by atoms with Gasteiger partial charge in [0.15, 0.2) is 0 Å². The second-order valence-electron chi connectivity index (χ2n) is 7.19. The van der Waals surface area contributed by atoms with Crippen LogP contribution in [0.25, 0.3) is 11.1 Å². The van der Waals surface area contributed by atoms with Crippen LogP contribution in [0.2, 0.25) is 0 Å². The Hall–Kier alpha value is -3.03. The lowest BCUT2D eigenvalue weighted by molar-refractivity contribution is 0.241. The minimum atomic E-state index is -3.73. The summed E-state index contributed by atoms with van der Waals surface area (Å²) in [6.45, 7) is 1.58. The molecule has 1 aliphatic heterocycles. The van der Waals surface area contributed by atoms with Crippen molar-refractivity contribution in [3.63, 3.8) is 0 Å². The number of benzene rings is 3. The van der Waals surface area contributed by atoms with Crippen LogP contribution >= 0.6 is 0 Å². The van der Waals surface area contributed by atoms with E-state index in [1.807, 2.05) is 54.6 Å². The van der Waals surface area contributed by atoms with E-state index in [0.29, 0.717) is 22.8 Å². The molecule has 3 aromatic carbocycles. The molecule has 1 aliphatic rings. The zero-order chi connectivity index (χ0) is 21.5. The summed E-state index contributed by atoms with van der Waals surface area (Å²) in [6.07, 6.45) is -0.442. The van der Waals surface area contributed by atoms with Crippen LogP contribution in [0.4, 0.5) is 0 Å². The zero-order valence-corrected chi connectivity index (χ0v) is 17.8. The third kappa shape index (κ3) is 3.51. The number of sulfonamides is 1. The molecule has 2 atom stereocenters. The maximum atomic E-state index is 11.9. The van der Waals surface area contributed by atoms with E-state index in [4.69, 9.17) is 19.3 Å². The van der Waals surface area contributed by atoms with Gasteiger partial charge in [-0.3, -0.25) is 0 Å². The monoisotopic (exact) mass is 425 g/mol. The number of rotatable bonds is 5. The summed E-state index contributed by atoms with van der Waals surface area (Å²) in [5.41, 5.74) is 4.10. The van der Waals surface area contributed by atoms with Crippen LogP contribution < -0.4 is 19.3 Å². The Morgan fingerprint density at radius 3 is 2.47 bits per heavy atom. The number of nitrogens with two attached hydrogens (primary N) is 1. The number of ether oxygens (including phenoxy) is 3. The van der Waals surface area contributed by atoms with Crippen LogP contribution in [0.3, 0.4) is 0 Å². The number of methoxy groups -OCH3 is 2. The van der Waals surface area contributed by atoms with Gasteiger partial charge >= 0.3 is 0 Å². The summed E-state index contributed by atoms with van der Waals surface area (Å²) in [5.74, 6) is 2.09. The topological polar surface area (TPSA) is 87.8 Å². The Labute approximate surface area is 176 Å². The molecule has 2 N–H and O–H groups in total. The minimum Gasteiger partial charge on any atom is -0.497 e. The molecule has 0 aromatic heterocycles. The fraction of sp³-hybridized carbons (Fsp3) is 0.217. The van der Waals surface area contributed by atoms with E-state index in [1.165, 1.54) is 0 Å². The quantitative estimate of drug-likeness (QED) is 0.662. The van der Waals surface area contributed by atoms with Gasteiger partial charge in [0, 0.05) is 11.1 Å². The van der Waals surface area contributed by atoms with Crippen molar-refractivity contribution in [2.45, 2.75) is 18.3 Å². The second-order valence-corrected chi connectivity index (χ2v) is 9.07. The predicted molar refractivity (Wildman–Crippen MR) is 115 cm³/mol. The minimum absolute atomic E-state index is 0.442. The first-order valence-electron chi connectivity index (χ1n) is 9.47. The molecule has 0 bridgehead atoms. The molecular weight excluding hydrogens is 402 g/mol. The van der Waals surface area contributed by atoms with Crippen molar-refractivity contribution in [1.82, 2.24) is 0 Å². The van der Waals surface area contributed by atoms with Crippen LogP contribution in [-0.4, -0.2) is 22.6 Å². The van der Waals surface area contributed by atoms with Crippen LogP contribution in [0, 0.1) is 0 Å². The summed E-state index contributed by atoms with van der Waals surface area (Å²) in [5, 5.41) is 4.56. The highest BCUT2D eigenvalue weighted by atomic mass is 32.2. The van der Waals surface area contributed by atoms with Crippen molar-refractivity contribution < 1.29 is 22.6 Å². The zero-order valence-electron chi connectivity index (χ0n) is 17.0. The van der Waals surface area contributed by atoms with Gasteiger partial charge in [-0.25, -0.2) is 13.6 Å². The van der Waals surface area contributed by atoms with Gasteiger partial charge in [0.2, 0.25) is 10.0 Å². The number of fused-ring (bicyclic) bond motifs is 3. The van der Waals surface area contributed by atoms with Gasteiger partial charge in [0.25, 0.3) is 0 Å². The molecule has 0 saturated heterocycles. The molecular formula is C23H23NO5S. The largest absolute Gasteiger partial charge is 0.497 e. The smallest absolute Gasteiger partial charge is 0.215 e. The molecule has 1 heterocycles. The van der Waals surface area contributed by atoms with E-state index in [9.17, 15) is 8.42 Å². The number of hydrogen-bond acceptors (Lipinski definition) is 5. The summed E-state index contributed by atoms with van der Waals surface area (Å²) in [7, 11) is -0.510. The van der Waals surface area contributed by atoms with E-state index >= 15 is 0 Å². The average Bonchev–Trinajstić information content (AvgIpc) is 2.76. The van der Waals surface area contributed by atoms with Crippen LogP contribution in [0.1, 0.15) is 35.0 Å². The SMILES string of the molecule is COc1cccc(C2Oc3cccc(OC)c3-c3ccc(C(C)S(N)(=O)=O)cc32)c1.